The Bertz CT molecular complexity index is 3450. The van der Waals surface area contributed by atoms with E-state index >= 15 is 0 Å². The van der Waals surface area contributed by atoms with E-state index in [9.17, 15) is 0 Å². The van der Waals surface area contributed by atoms with Gasteiger partial charge < -0.3 is 13.6 Å². The van der Waals surface area contributed by atoms with Gasteiger partial charge in [0.2, 0.25) is 0 Å². The highest BCUT2D eigenvalue weighted by atomic mass is 16.3. The maximum atomic E-state index is 6.53. The molecule has 0 radical (unpaired) electrons. The van der Waals surface area contributed by atoms with Gasteiger partial charge in [-0.3, -0.25) is 15.0 Å². The van der Waals surface area contributed by atoms with Gasteiger partial charge >= 0.3 is 0 Å². The van der Waals surface area contributed by atoms with Gasteiger partial charge in [0, 0.05) is 58.0 Å². The molecule has 0 bridgehead atoms. The topological polar surface area (TPSA) is 61.7 Å². The number of para-hydroxylation sites is 1. The molecule has 11 aromatic rings. The number of pyridine rings is 3. The van der Waals surface area contributed by atoms with E-state index in [1.54, 1.807) is 0 Å². The van der Waals surface area contributed by atoms with Crippen LogP contribution in [0.1, 0.15) is 18.2 Å². The van der Waals surface area contributed by atoms with Crippen LogP contribution in [-0.4, -0.2) is 24.1 Å². The van der Waals surface area contributed by atoms with E-state index in [4.69, 9.17) is 14.4 Å². The number of hydrogen-bond acceptors (Lipinski definition) is 4. The summed E-state index contributed by atoms with van der Waals surface area (Å²) in [5, 5.41) is 3.40. The quantitative estimate of drug-likeness (QED) is 0.176. The number of fused-ring (bicyclic) bond motifs is 9. The van der Waals surface area contributed by atoms with Gasteiger partial charge in [-0.1, -0.05) is 72.8 Å². The lowest BCUT2D eigenvalue weighted by Crippen LogP contribution is -2.32. The van der Waals surface area contributed by atoms with Crippen LogP contribution in [0.15, 0.2) is 181 Å². The van der Waals surface area contributed by atoms with E-state index in [1.807, 2.05) is 42.9 Å². The predicted molar refractivity (Wildman–Crippen MR) is 236 cm³/mol. The van der Waals surface area contributed by atoms with E-state index < -0.39 is 0 Å². The fourth-order valence-electron chi connectivity index (χ4n) is 9.39. The monoisotopic (exact) mass is 745 g/mol. The van der Waals surface area contributed by atoms with Gasteiger partial charge in [-0.25, -0.2) is 0 Å². The summed E-state index contributed by atoms with van der Waals surface area (Å²) in [6.07, 6.45) is 10.9. The molecule has 0 amide bonds. The molecule has 274 valence electrons. The third kappa shape index (κ3) is 4.88. The molecule has 12 rings (SSSR count). The van der Waals surface area contributed by atoms with Crippen LogP contribution in [0.3, 0.4) is 0 Å². The highest BCUT2D eigenvalue weighted by Gasteiger charge is 2.34. The summed E-state index contributed by atoms with van der Waals surface area (Å²) < 4.78 is 11.3. The first-order chi connectivity index (χ1) is 28.6. The molecule has 0 fully saturated rings. The van der Waals surface area contributed by atoms with Crippen molar-refractivity contribution in [3.05, 3.63) is 188 Å². The minimum absolute atomic E-state index is 0.389. The second-order valence-electron chi connectivity index (χ2n) is 15.5. The van der Waals surface area contributed by atoms with Crippen LogP contribution in [0.25, 0.3) is 100 Å². The Balaban J connectivity index is 0.964. The molecule has 1 aliphatic rings. The summed E-state index contributed by atoms with van der Waals surface area (Å²) in [7, 11) is 0. The zero-order valence-electron chi connectivity index (χ0n) is 31.7. The van der Waals surface area contributed by atoms with E-state index in [0.717, 1.165) is 106 Å². The molecule has 58 heavy (non-hydrogen) atoms. The average molecular weight is 746 g/mol. The van der Waals surface area contributed by atoms with Crippen molar-refractivity contribution in [2.45, 2.75) is 18.9 Å². The lowest BCUT2D eigenvalue weighted by molar-refractivity contribution is 0.424. The van der Waals surface area contributed by atoms with Crippen LogP contribution in [0.5, 0.6) is 0 Å². The molecular weight excluding hydrogens is 711 g/mol. The van der Waals surface area contributed by atoms with E-state index in [0.29, 0.717) is 0 Å². The smallest absolute Gasteiger partial charge is 0.135 e. The highest BCUT2D eigenvalue weighted by molar-refractivity contribution is 6.09. The van der Waals surface area contributed by atoms with Crippen LogP contribution in [0.2, 0.25) is 0 Å². The molecule has 6 heteroatoms. The second-order valence-corrected chi connectivity index (χ2v) is 15.5. The van der Waals surface area contributed by atoms with Crippen molar-refractivity contribution >= 4 is 60.9 Å². The number of benzene rings is 5. The van der Waals surface area contributed by atoms with Crippen LogP contribution >= 0.6 is 0 Å². The molecule has 0 spiro atoms. The van der Waals surface area contributed by atoms with Crippen LogP contribution in [0, 0.1) is 0 Å². The second kappa shape index (κ2) is 12.5. The van der Waals surface area contributed by atoms with Gasteiger partial charge in [0.05, 0.1) is 44.3 Å². The predicted octanol–water partition coefficient (Wildman–Crippen LogP) is 12.8. The molecule has 0 saturated heterocycles. The molecule has 5 aromatic carbocycles. The lowest BCUT2D eigenvalue weighted by atomic mass is 9.85. The van der Waals surface area contributed by atoms with Crippen molar-refractivity contribution in [3.63, 3.8) is 0 Å². The Morgan fingerprint density at radius 2 is 1.19 bits per heavy atom. The van der Waals surface area contributed by atoms with Crippen LogP contribution in [-0.2, 0) is 12.0 Å². The van der Waals surface area contributed by atoms with Gasteiger partial charge in [-0.15, -0.1) is 0 Å². The van der Waals surface area contributed by atoms with E-state index in [2.05, 4.69) is 161 Å². The van der Waals surface area contributed by atoms with Crippen molar-refractivity contribution in [1.29, 1.82) is 0 Å². The maximum Gasteiger partial charge on any atom is 0.135 e. The zero-order chi connectivity index (χ0) is 38.4. The van der Waals surface area contributed by atoms with Crippen molar-refractivity contribution < 1.29 is 4.42 Å². The number of rotatable bonds is 5. The molecule has 0 saturated carbocycles. The minimum atomic E-state index is -0.389. The largest absolute Gasteiger partial charge is 0.456 e. The highest BCUT2D eigenvalue weighted by Crippen LogP contribution is 2.44. The van der Waals surface area contributed by atoms with Gasteiger partial charge in [0.1, 0.15) is 11.3 Å². The average Bonchev–Trinajstić information content (AvgIpc) is 3.94. The van der Waals surface area contributed by atoms with Gasteiger partial charge in [-0.2, -0.15) is 0 Å². The third-order valence-corrected chi connectivity index (χ3v) is 12.0. The van der Waals surface area contributed by atoms with Crippen LogP contribution < -0.4 is 0 Å². The van der Waals surface area contributed by atoms with Crippen molar-refractivity contribution in [3.8, 4) is 39.2 Å². The van der Waals surface area contributed by atoms with Crippen molar-refractivity contribution in [1.82, 2.24) is 24.1 Å². The normalized spacial score (nSPS) is 15.3. The molecule has 0 aliphatic heterocycles. The summed E-state index contributed by atoms with van der Waals surface area (Å²) in [5.41, 5.74) is 15.9. The molecular formula is C52H35N5O. The molecule has 6 nitrogen and oxygen atoms in total. The zero-order valence-corrected chi connectivity index (χ0v) is 31.7. The summed E-state index contributed by atoms with van der Waals surface area (Å²) in [5.74, 6) is 0.919. The van der Waals surface area contributed by atoms with Gasteiger partial charge in [0.15, 0.2) is 0 Å². The molecule has 1 atom stereocenters. The minimum Gasteiger partial charge on any atom is -0.456 e. The standard InChI is InChI=1S/C52H35N5O/c1-52(57-45-22-19-35(31-41(45)51-47(57)17-10-28-55-51)37-13-5-6-14-38(37)43-15-7-8-26-53-43)25-24-49-42(32-52)39-29-34(20-23-48(39)58-49)33-18-21-44-40(30-33)50-46(16-9-27-54-50)56(44)36-11-3-2-4-12-36/h2-31H,32H2,1H3. The Hall–Kier alpha value is -7.57. The van der Waals surface area contributed by atoms with Crippen molar-refractivity contribution in [2.75, 3.05) is 0 Å². The fourth-order valence-corrected chi connectivity index (χ4v) is 9.39. The SMILES string of the molecule is CC1(n2c3ccc(-c4ccccc4-c4ccccn4)cc3c3ncccc32)C=Cc2oc3ccc(-c4ccc5c(c4)c4ncccc4n5-c4ccccc4)cc3c2C1. The first kappa shape index (κ1) is 32.7. The first-order valence-electron chi connectivity index (χ1n) is 19.7. The van der Waals surface area contributed by atoms with Gasteiger partial charge in [0.25, 0.3) is 0 Å². The Labute approximate surface area is 334 Å². The number of hydrogen-bond donors (Lipinski definition) is 0. The number of aromatic nitrogens is 5. The van der Waals surface area contributed by atoms with Crippen LogP contribution in [0.4, 0.5) is 0 Å². The Morgan fingerprint density at radius 1 is 0.534 bits per heavy atom. The summed E-state index contributed by atoms with van der Waals surface area (Å²) in [6.45, 7) is 2.33. The third-order valence-electron chi connectivity index (χ3n) is 12.0. The van der Waals surface area contributed by atoms with E-state index in [-0.39, 0.29) is 5.54 Å². The summed E-state index contributed by atoms with van der Waals surface area (Å²) in [6, 6.07) is 53.6. The molecule has 1 unspecified atom stereocenters. The maximum absolute atomic E-state index is 6.53. The Morgan fingerprint density at radius 3 is 2.02 bits per heavy atom. The van der Waals surface area contributed by atoms with E-state index in [1.165, 1.54) is 5.56 Å². The number of nitrogens with zero attached hydrogens (tertiary/aromatic N) is 5. The summed E-state index contributed by atoms with van der Waals surface area (Å²) in [4.78, 5) is 14.5. The fraction of sp³-hybridized carbons (Fsp3) is 0.0577. The lowest BCUT2D eigenvalue weighted by Gasteiger charge is -2.32. The first-order valence-corrected chi connectivity index (χ1v) is 19.7. The molecule has 6 heterocycles. The van der Waals surface area contributed by atoms with Gasteiger partial charge in [-0.05, 0) is 120 Å². The number of allylic oxidation sites excluding steroid dienone is 1. The Kier molecular flexibility index (Phi) is 7.02. The molecule has 6 aromatic heterocycles. The van der Waals surface area contributed by atoms with Crippen molar-refractivity contribution in [2.24, 2.45) is 0 Å². The molecule has 0 N–H and O–H groups in total. The summed E-state index contributed by atoms with van der Waals surface area (Å²) >= 11 is 0. The number of furan rings is 1. The molecule has 1 aliphatic carbocycles.